The molecule has 1 aliphatic rings. The number of hydrogen-bond acceptors (Lipinski definition) is 7. The van der Waals surface area contributed by atoms with E-state index in [0.29, 0.717) is 61.5 Å². The second-order valence-electron chi connectivity index (χ2n) is 7.52. The molecule has 0 spiro atoms. The number of benzene rings is 2. The molecule has 2 aromatic carbocycles. The Morgan fingerprint density at radius 2 is 1.55 bits per heavy atom. The van der Waals surface area contributed by atoms with Gasteiger partial charge in [-0.05, 0) is 49.7 Å². The molecule has 0 aromatic heterocycles. The van der Waals surface area contributed by atoms with E-state index in [0.717, 1.165) is 18.7 Å². The lowest BCUT2D eigenvalue weighted by atomic mass is 10.0. The van der Waals surface area contributed by atoms with Crippen molar-refractivity contribution in [2.75, 3.05) is 60.3 Å². The molecule has 1 N–H and O–H groups in total. The van der Waals surface area contributed by atoms with E-state index in [2.05, 4.69) is 10.2 Å². The lowest BCUT2D eigenvalue weighted by molar-refractivity contribution is 0.0162. The molecule has 0 aliphatic carbocycles. The lowest BCUT2D eigenvalue weighted by Gasteiger charge is -2.35. The quantitative estimate of drug-likeness (QED) is 0.554. The average molecular weight is 459 g/mol. The minimum Gasteiger partial charge on any atom is -0.493 e. The number of hydrogen-bond donors (Lipinski definition) is 1. The minimum atomic E-state index is -0.174. The highest BCUT2D eigenvalue weighted by Crippen LogP contribution is 2.33. The minimum absolute atomic E-state index is 0.0352. The summed E-state index contributed by atoms with van der Waals surface area (Å²) >= 11 is 0. The molecular weight excluding hydrogens is 424 g/mol. The van der Waals surface area contributed by atoms with E-state index in [1.807, 2.05) is 32.0 Å². The van der Waals surface area contributed by atoms with E-state index in [1.165, 1.54) is 0 Å². The number of nitrogens with zero attached hydrogens (tertiary/aromatic N) is 1. The molecule has 1 atom stereocenters. The predicted octanol–water partition coefficient (Wildman–Crippen LogP) is 3.30. The zero-order valence-electron chi connectivity index (χ0n) is 19.9. The summed E-state index contributed by atoms with van der Waals surface area (Å²) in [4.78, 5) is 15.3. The fraction of sp³-hybridized carbons (Fsp3) is 0.480. The van der Waals surface area contributed by atoms with Crippen molar-refractivity contribution < 1.29 is 28.5 Å². The smallest absolute Gasteiger partial charge is 0.251 e. The zero-order valence-corrected chi connectivity index (χ0v) is 19.9. The van der Waals surface area contributed by atoms with Gasteiger partial charge >= 0.3 is 0 Å². The first-order valence-corrected chi connectivity index (χ1v) is 11.3. The van der Waals surface area contributed by atoms with Crippen LogP contribution < -0.4 is 24.3 Å². The number of ether oxygens (including phenoxy) is 5. The van der Waals surface area contributed by atoms with Crippen LogP contribution in [0.1, 0.15) is 35.8 Å². The van der Waals surface area contributed by atoms with Crippen LogP contribution in [0.3, 0.4) is 0 Å². The molecule has 180 valence electrons. The normalized spacial score (nSPS) is 14.9. The van der Waals surface area contributed by atoms with Crippen LogP contribution in [0.15, 0.2) is 36.4 Å². The van der Waals surface area contributed by atoms with Gasteiger partial charge in [0, 0.05) is 25.2 Å². The zero-order chi connectivity index (χ0) is 23.6. The SMILES string of the molecule is CCOc1ccc(C(=O)NCC(c2ccc(OCC)c(OC)c2)N2CCOCC2)cc1OC. The lowest BCUT2D eigenvalue weighted by Crippen LogP contribution is -2.43. The van der Waals surface area contributed by atoms with E-state index in [-0.39, 0.29) is 11.9 Å². The fourth-order valence-electron chi connectivity index (χ4n) is 3.89. The third kappa shape index (κ3) is 6.30. The van der Waals surface area contributed by atoms with Crippen molar-refractivity contribution in [1.82, 2.24) is 10.2 Å². The molecule has 8 nitrogen and oxygen atoms in total. The highest BCUT2D eigenvalue weighted by Gasteiger charge is 2.25. The van der Waals surface area contributed by atoms with Crippen molar-refractivity contribution in [3.05, 3.63) is 47.5 Å². The molecule has 1 heterocycles. The second-order valence-corrected chi connectivity index (χ2v) is 7.52. The Labute approximate surface area is 195 Å². The Morgan fingerprint density at radius 3 is 2.15 bits per heavy atom. The molecule has 2 aromatic rings. The highest BCUT2D eigenvalue weighted by atomic mass is 16.5. The van der Waals surface area contributed by atoms with Gasteiger partial charge in [0.15, 0.2) is 23.0 Å². The van der Waals surface area contributed by atoms with Crippen LogP contribution in [-0.4, -0.2) is 71.1 Å². The number of methoxy groups -OCH3 is 2. The molecule has 1 aliphatic heterocycles. The van der Waals surface area contributed by atoms with E-state index < -0.39 is 0 Å². The van der Waals surface area contributed by atoms with Crippen molar-refractivity contribution in [3.8, 4) is 23.0 Å². The summed E-state index contributed by atoms with van der Waals surface area (Å²) in [7, 11) is 3.19. The van der Waals surface area contributed by atoms with Crippen molar-refractivity contribution in [2.24, 2.45) is 0 Å². The van der Waals surface area contributed by atoms with Crippen molar-refractivity contribution >= 4 is 5.91 Å². The van der Waals surface area contributed by atoms with E-state index >= 15 is 0 Å². The molecule has 0 radical (unpaired) electrons. The summed E-state index contributed by atoms with van der Waals surface area (Å²) in [5, 5.41) is 3.09. The van der Waals surface area contributed by atoms with Crippen molar-refractivity contribution in [1.29, 1.82) is 0 Å². The Bertz CT molecular complexity index is 914. The van der Waals surface area contributed by atoms with Crippen LogP contribution >= 0.6 is 0 Å². The Hall–Kier alpha value is -2.97. The van der Waals surface area contributed by atoms with Gasteiger partial charge in [0.1, 0.15) is 0 Å². The molecular formula is C25H34N2O6. The molecule has 1 unspecified atom stereocenters. The van der Waals surface area contributed by atoms with E-state index in [1.54, 1.807) is 32.4 Å². The van der Waals surface area contributed by atoms with Gasteiger partial charge in [-0.1, -0.05) is 6.07 Å². The first-order chi connectivity index (χ1) is 16.1. The third-order valence-corrected chi connectivity index (χ3v) is 5.54. The van der Waals surface area contributed by atoms with Gasteiger partial charge in [-0.3, -0.25) is 9.69 Å². The predicted molar refractivity (Wildman–Crippen MR) is 126 cm³/mol. The first kappa shape index (κ1) is 24.7. The molecule has 0 saturated carbocycles. The number of morpholine rings is 1. The molecule has 1 amide bonds. The van der Waals surface area contributed by atoms with Crippen LogP contribution in [0.2, 0.25) is 0 Å². The molecule has 3 rings (SSSR count). The van der Waals surface area contributed by atoms with Crippen molar-refractivity contribution in [2.45, 2.75) is 19.9 Å². The van der Waals surface area contributed by atoms with Crippen LogP contribution in [0, 0.1) is 0 Å². The summed E-state index contributed by atoms with van der Waals surface area (Å²) in [6.45, 7) is 8.25. The van der Waals surface area contributed by atoms with Crippen LogP contribution in [0.25, 0.3) is 0 Å². The molecule has 33 heavy (non-hydrogen) atoms. The van der Waals surface area contributed by atoms with E-state index in [9.17, 15) is 4.79 Å². The van der Waals surface area contributed by atoms with Gasteiger partial charge in [0.05, 0.1) is 46.7 Å². The summed E-state index contributed by atoms with van der Waals surface area (Å²) in [5.41, 5.74) is 1.56. The molecule has 1 fully saturated rings. The molecule has 1 saturated heterocycles. The summed E-state index contributed by atoms with van der Waals surface area (Å²) in [6.07, 6.45) is 0. The molecule has 0 bridgehead atoms. The number of carbonyl (C=O) groups excluding carboxylic acids is 1. The maximum Gasteiger partial charge on any atom is 0.251 e. The van der Waals surface area contributed by atoms with E-state index in [4.69, 9.17) is 23.7 Å². The fourth-order valence-corrected chi connectivity index (χ4v) is 3.89. The van der Waals surface area contributed by atoms with Gasteiger partial charge < -0.3 is 29.0 Å². The van der Waals surface area contributed by atoms with Crippen LogP contribution in [0.4, 0.5) is 0 Å². The standard InChI is InChI=1S/C25H34N2O6/c1-5-32-21-9-7-18(15-23(21)29-3)20(27-11-13-31-14-12-27)17-26-25(28)19-8-10-22(33-6-2)24(16-19)30-4/h7-10,15-16,20H,5-6,11-14,17H2,1-4H3,(H,26,28). The van der Waals surface area contributed by atoms with Gasteiger partial charge in [-0.25, -0.2) is 0 Å². The highest BCUT2D eigenvalue weighted by molar-refractivity contribution is 5.94. The maximum absolute atomic E-state index is 13.0. The Kier molecular flexibility index (Phi) is 9.21. The monoisotopic (exact) mass is 458 g/mol. The van der Waals surface area contributed by atoms with Crippen LogP contribution in [0.5, 0.6) is 23.0 Å². The Morgan fingerprint density at radius 1 is 0.939 bits per heavy atom. The van der Waals surface area contributed by atoms with Crippen LogP contribution in [-0.2, 0) is 4.74 Å². The number of rotatable bonds is 11. The largest absolute Gasteiger partial charge is 0.493 e. The van der Waals surface area contributed by atoms with Gasteiger partial charge in [0.2, 0.25) is 0 Å². The average Bonchev–Trinajstić information content (AvgIpc) is 2.86. The first-order valence-electron chi connectivity index (χ1n) is 11.3. The number of carbonyl (C=O) groups is 1. The second kappa shape index (κ2) is 12.3. The van der Waals surface area contributed by atoms with Gasteiger partial charge in [-0.15, -0.1) is 0 Å². The topological polar surface area (TPSA) is 78.5 Å². The van der Waals surface area contributed by atoms with Gasteiger partial charge in [0.25, 0.3) is 5.91 Å². The summed E-state index contributed by atoms with van der Waals surface area (Å²) < 4.78 is 27.7. The maximum atomic E-state index is 13.0. The number of amides is 1. The summed E-state index contributed by atoms with van der Waals surface area (Å²) in [6, 6.07) is 11.1. The Balaban J connectivity index is 1.79. The van der Waals surface area contributed by atoms with Crippen molar-refractivity contribution in [3.63, 3.8) is 0 Å². The summed E-state index contributed by atoms with van der Waals surface area (Å²) in [5.74, 6) is 2.35. The van der Waals surface area contributed by atoms with Gasteiger partial charge in [-0.2, -0.15) is 0 Å². The number of nitrogens with one attached hydrogen (secondary N) is 1. The molecule has 8 heteroatoms. The third-order valence-electron chi connectivity index (χ3n) is 5.54.